The average Bonchev–Trinajstić information content (AvgIpc) is 3.48. The molecule has 206 valence electrons. The number of benzene rings is 8. The van der Waals surface area contributed by atoms with Crippen molar-refractivity contribution in [3.05, 3.63) is 164 Å². The fraction of sp³-hybridized carbons (Fsp3) is 0. The summed E-state index contributed by atoms with van der Waals surface area (Å²) in [5.74, 6) is 0. The molecule has 9 rings (SSSR count). The largest absolute Gasteiger partial charge is 0.455 e. The summed E-state index contributed by atoms with van der Waals surface area (Å²) in [4.78, 5) is 2.39. The minimum Gasteiger partial charge on any atom is -0.455 e. The lowest BCUT2D eigenvalue weighted by Gasteiger charge is -2.27. The van der Waals surface area contributed by atoms with Crippen molar-refractivity contribution >= 4 is 71.3 Å². The monoisotopic (exact) mass is 561 g/mol. The number of rotatable bonds is 4. The maximum atomic E-state index is 6.48. The number of furan rings is 1. The van der Waals surface area contributed by atoms with Crippen LogP contribution < -0.4 is 4.90 Å². The summed E-state index contributed by atoms with van der Waals surface area (Å²) in [6, 6.07) is 58.6. The van der Waals surface area contributed by atoms with Crippen LogP contribution >= 0.6 is 0 Å². The van der Waals surface area contributed by atoms with Gasteiger partial charge in [-0.2, -0.15) is 0 Å². The Balaban J connectivity index is 1.29. The summed E-state index contributed by atoms with van der Waals surface area (Å²) in [7, 11) is 0. The zero-order valence-electron chi connectivity index (χ0n) is 23.9. The van der Waals surface area contributed by atoms with Gasteiger partial charge < -0.3 is 9.32 Å². The molecule has 8 aromatic carbocycles. The van der Waals surface area contributed by atoms with Crippen molar-refractivity contribution in [2.45, 2.75) is 0 Å². The van der Waals surface area contributed by atoms with E-state index in [2.05, 4.69) is 163 Å². The Labute approximate surface area is 255 Å². The summed E-state index contributed by atoms with van der Waals surface area (Å²) in [5, 5.41) is 9.43. The van der Waals surface area contributed by atoms with Gasteiger partial charge in [-0.05, 0) is 75.1 Å². The van der Waals surface area contributed by atoms with Crippen molar-refractivity contribution in [1.29, 1.82) is 0 Å². The van der Waals surface area contributed by atoms with Crippen LogP contribution in [-0.4, -0.2) is 0 Å². The molecule has 0 fully saturated rings. The summed E-state index contributed by atoms with van der Waals surface area (Å²) >= 11 is 0. The average molecular weight is 562 g/mol. The Bertz CT molecular complexity index is 2500. The van der Waals surface area contributed by atoms with Crippen LogP contribution in [0.5, 0.6) is 0 Å². The first-order valence-corrected chi connectivity index (χ1v) is 15.0. The van der Waals surface area contributed by atoms with Gasteiger partial charge in [-0.15, -0.1) is 0 Å². The minimum absolute atomic E-state index is 0.920. The van der Waals surface area contributed by atoms with E-state index >= 15 is 0 Å². The predicted octanol–water partition coefficient (Wildman–Crippen LogP) is 12.2. The van der Waals surface area contributed by atoms with Crippen LogP contribution in [0.15, 0.2) is 168 Å². The van der Waals surface area contributed by atoms with Crippen LogP contribution in [0.25, 0.3) is 65.4 Å². The molecule has 0 radical (unpaired) electrons. The van der Waals surface area contributed by atoms with Gasteiger partial charge in [0.05, 0.1) is 5.69 Å². The predicted molar refractivity (Wildman–Crippen MR) is 186 cm³/mol. The molecule has 2 heteroatoms. The fourth-order valence-electron chi connectivity index (χ4n) is 6.74. The van der Waals surface area contributed by atoms with E-state index in [1.54, 1.807) is 0 Å². The van der Waals surface area contributed by atoms with Crippen molar-refractivity contribution in [3.63, 3.8) is 0 Å². The normalized spacial score (nSPS) is 11.6. The number of nitrogens with zero attached hydrogens (tertiary/aromatic N) is 1. The summed E-state index contributed by atoms with van der Waals surface area (Å²) in [5.41, 5.74) is 7.62. The van der Waals surface area contributed by atoms with E-state index < -0.39 is 0 Å². The van der Waals surface area contributed by atoms with E-state index in [-0.39, 0.29) is 0 Å². The maximum absolute atomic E-state index is 6.48. The zero-order chi connectivity index (χ0) is 29.0. The highest BCUT2D eigenvalue weighted by molar-refractivity contribution is 6.23. The lowest BCUT2D eigenvalue weighted by atomic mass is 9.98. The van der Waals surface area contributed by atoms with Gasteiger partial charge in [0.15, 0.2) is 0 Å². The molecular formula is C42H27NO. The number of hydrogen-bond acceptors (Lipinski definition) is 2. The number of fused-ring (bicyclic) bond motifs is 8. The topological polar surface area (TPSA) is 16.4 Å². The molecule has 1 heterocycles. The highest BCUT2D eigenvalue weighted by atomic mass is 16.3. The van der Waals surface area contributed by atoms with E-state index in [9.17, 15) is 0 Å². The molecule has 0 saturated heterocycles. The molecule has 1 aromatic heterocycles. The van der Waals surface area contributed by atoms with Gasteiger partial charge in [-0.1, -0.05) is 121 Å². The van der Waals surface area contributed by atoms with Crippen LogP contribution in [0, 0.1) is 0 Å². The second-order valence-electron chi connectivity index (χ2n) is 11.4. The summed E-state index contributed by atoms with van der Waals surface area (Å²) < 4.78 is 6.48. The molecule has 0 amide bonds. The van der Waals surface area contributed by atoms with Gasteiger partial charge in [-0.3, -0.25) is 0 Å². The van der Waals surface area contributed by atoms with Crippen molar-refractivity contribution in [2.24, 2.45) is 0 Å². The maximum Gasteiger partial charge on any atom is 0.143 e. The number of anilines is 3. The van der Waals surface area contributed by atoms with Gasteiger partial charge in [0, 0.05) is 32.9 Å². The van der Waals surface area contributed by atoms with Crippen LogP contribution in [-0.2, 0) is 0 Å². The van der Waals surface area contributed by atoms with Gasteiger partial charge in [0.25, 0.3) is 0 Å². The first-order valence-electron chi connectivity index (χ1n) is 15.0. The van der Waals surface area contributed by atoms with Crippen LogP contribution in [0.2, 0.25) is 0 Å². The Morgan fingerprint density at radius 3 is 2.00 bits per heavy atom. The summed E-state index contributed by atoms with van der Waals surface area (Å²) in [6.07, 6.45) is 0. The van der Waals surface area contributed by atoms with Crippen molar-refractivity contribution < 1.29 is 4.42 Å². The Morgan fingerprint density at radius 1 is 0.386 bits per heavy atom. The fourth-order valence-corrected chi connectivity index (χ4v) is 6.74. The molecule has 44 heavy (non-hydrogen) atoms. The minimum atomic E-state index is 0.920. The molecule has 0 spiro atoms. The van der Waals surface area contributed by atoms with Gasteiger partial charge in [0.2, 0.25) is 0 Å². The second kappa shape index (κ2) is 9.86. The van der Waals surface area contributed by atoms with Crippen LogP contribution in [0.1, 0.15) is 0 Å². The number of hydrogen-bond donors (Lipinski definition) is 0. The standard InChI is InChI=1S/C42H27NO/c1-2-10-28(11-3-1)31-14-8-15-33(26-31)43(39-18-9-13-29-12-4-5-16-35(29)39)34-23-25-36-32(27-34)21-20-30-22-24-38-37-17-6-7-19-40(37)44-42(38)41(30)36/h1-27H. The van der Waals surface area contributed by atoms with Crippen LogP contribution in [0.4, 0.5) is 17.1 Å². The molecule has 2 nitrogen and oxygen atoms in total. The molecule has 0 aliphatic heterocycles. The van der Waals surface area contributed by atoms with Gasteiger partial charge in [-0.25, -0.2) is 0 Å². The van der Waals surface area contributed by atoms with E-state index in [1.165, 1.54) is 38.1 Å². The third-order valence-electron chi connectivity index (χ3n) is 8.80. The molecular weight excluding hydrogens is 534 g/mol. The highest BCUT2D eigenvalue weighted by Gasteiger charge is 2.18. The second-order valence-corrected chi connectivity index (χ2v) is 11.4. The summed E-state index contributed by atoms with van der Waals surface area (Å²) in [6.45, 7) is 0. The molecule has 9 aromatic rings. The third-order valence-corrected chi connectivity index (χ3v) is 8.80. The molecule has 0 unspecified atom stereocenters. The third kappa shape index (κ3) is 3.89. The van der Waals surface area contributed by atoms with Gasteiger partial charge >= 0.3 is 0 Å². The first kappa shape index (κ1) is 24.7. The molecule has 0 N–H and O–H groups in total. The Kier molecular flexibility index (Phi) is 5.54. The molecule has 0 atom stereocenters. The highest BCUT2D eigenvalue weighted by Crippen LogP contribution is 2.43. The molecule has 0 aliphatic rings. The van der Waals surface area contributed by atoms with Crippen molar-refractivity contribution in [2.75, 3.05) is 4.90 Å². The molecule has 0 saturated carbocycles. The van der Waals surface area contributed by atoms with Crippen molar-refractivity contribution in [3.8, 4) is 11.1 Å². The SMILES string of the molecule is c1ccc(-c2cccc(N(c3ccc4c(ccc5ccc6c7ccccc7oc6c54)c3)c3cccc4ccccc34)c2)cc1. The Hall–Kier alpha value is -5.86. The van der Waals surface area contributed by atoms with Crippen LogP contribution in [0.3, 0.4) is 0 Å². The van der Waals surface area contributed by atoms with Crippen molar-refractivity contribution in [1.82, 2.24) is 0 Å². The van der Waals surface area contributed by atoms with E-state index in [1.807, 2.05) is 6.07 Å². The van der Waals surface area contributed by atoms with Gasteiger partial charge in [0.1, 0.15) is 11.2 Å². The lowest BCUT2D eigenvalue weighted by Crippen LogP contribution is -2.10. The van der Waals surface area contributed by atoms with E-state index in [4.69, 9.17) is 4.42 Å². The first-order chi connectivity index (χ1) is 21.8. The lowest BCUT2D eigenvalue weighted by molar-refractivity contribution is 0.673. The molecule has 0 aliphatic carbocycles. The smallest absolute Gasteiger partial charge is 0.143 e. The molecule has 0 bridgehead atoms. The quantitative estimate of drug-likeness (QED) is 0.199. The van der Waals surface area contributed by atoms with E-state index in [0.29, 0.717) is 0 Å². The Morgan fingerprint density at radius 2 is 1.07 bits per heavy atom. The van der Waals surface area contributed by atoms with E-state index in [0.717, 1.165) is 44.4 Å². The number of para-hydroxylation sites is 1. The zero-order valence-corrected chi connectivity index (χ0v) is 23.9.